The highest BCUT2D eigenvalue weighted by molar-refractivity contribution is 6.32. The molecule has 0 aliphatic carbocycles. The first-order valence-corrected chi connectivity index (χ1v) is 9.70. The molecule has 2 aromatic rings. The van der Waals surface area contributed by atoms with E-state index in [9.17, 15) is 9.59 Å². The van der Waals surface area contributed by atoms with E-state index < -0.39 is 18.5 Å². The van der Waals surface area contributed by atoms with Crippen molar-refractivity contribution in [1.82, 2.24) is 0 Å². The van der Waals surface area contributed by atoms with Crippen molar-refractivity contribution < 1.29 is 38.0 Å². The van der Waals surface area contributed by atoms with Crippen molar-refractivity contribution >= 4 is 29.2 Å². The molecule has 0 fully saturated rings. The van der Waals surface area contributed by atoms with E-state index in [0.29, 0.717) is 54.1 Å². The van der Waals surface area contributed by atoms with Gasteiger partial charge in [0.2, 0.25) is 5.75 Å². The third-order valence-corrected chi connectivity index (χ3v) is 4.60. The van der Waals surface area contributed by atoms with Crippen molar-refractivity contribution in [1.29, 1.82) is 0 Å². The zero-order valence-corrected chi connectivity index (χ0v) is 18.0. The van der Waals surface area contributed by atoms with Crippen LogP contribution >= 0.6 is 11.6 Å². The van der Waals surface area contributed by atoms with Crippen LogP contribution in [0.1, 0.15) is 16.8 Å². The van der Waals surface area contributed by atoms with Crippen molar-refractivity contribution in [3.05, 3.63) is 34.9 Å². The predicted octanol–water partition coefficient (Wildman–Crippen LogP) is 3.32. The second-order valence-electron chi connectivity index (χ2n) is 6.37. The lowest BCUT2D eigenvalue weighted by molar-refractivity contribution is -0.119. The first-order valence-electron chi connectivity index (χ1n) is 9.33. The first kappa shape index (κ1) is 22.4. The number of rotatable bonds is 7. The summed E-state index contributed by atoms with van der Waals surface area (Å²) in [5.41, 5.74) is 0.531. The SMILES string of the molecule is COc1cc(NC(=O)COC(=O)c2cc(Cl)c3c(c2)OCCCO3)cc(OC)c1OC. The Kier molecular flexibility index (Phi) is 7.30. The van der Waals surface area contributed by atoms with Crippen molar-refractivity contribution in [2.75, 3.05) is 46.5 Å². The van der Waals surface area contributed by atoms with Crippen LogP contribution in [0, 0.1) is 0 Å². The van der Waals surface area contributed by atoms with Gasteiger partial charge < -0.3 is 33.7 Å². The molecule has 0 radical (unpaired) electrons. The molecule has 31 heavy (non-hydrogen) atoms. The predicted molar refractivity (Wildman–Crippen MR) is 112 cm³/mol. The van der Waals surface area contributed by atoms with Gasteiger partial charge in [-0.25, -0.2) is 4.79 Å². The summed E-state index contributed by atoms with van der Waals surface area (Å²) < 4.78 is 31.9. The monoisotopic (exact) mass is 451 g/mol. The Morgan fingerprint density at radius 1 is 1.00 bits per heavy atom. The molecule has 3 rings (SSSR count). The van der Waals surface area contributed by atoms with Gasteiger partial charge in [0.25, 0.3) is 5.91 Å². The molecule has 1 aliphatic rings. The molecule has 0 bridgehead atoms. The van der Waals surface area contributed by atoms with E-state index in [1.54, 1.807) is 12.1 Å². The van der Waals surface area contributed by atoms with E-state index in [-0.39, 0.29) is 10.6 Å². The molecule has 10 heteroatoms. The van der Waals surface area contributed by atoms with Gasteiger partial charge in [-0.3, -0.25) is 4.79 Å². The summed E-state index contributed by atoms with van der Waals surface area (Å²) >= 11 is 6.19. The Hall–Kier alpha value is -3.33. The van der Waals surface area contributed by atoms with Crippen LogP contribution in [0.4, 0.5) is 5.69 Å². The number of carbonyl (C=O) groups excluding carboxylic acids is 2. The van der Waals surface area contributed by atoms with Gasteiger partial charge in [0.1, 0.15) is 0 Å². The highest BCUT2D eigenvalue weighted by Crippen LogP contribution is 2.40. The zero-order valence-electron chi connectivity index (χ0n) is 17.3. The number of fused-ring (bicyclic) bond motifs is 1. The van der Waals surface area contributed by atoms with Crippen LogP contribution < -0.4 is 29.0 Å². The van der Waals surface area contributed by atoms with E-state index in [0.717, 1.165) is 0 Å². The largest absolute Gasteiger partial charge is 0.493 e. The Morgan fingerprint density at radius 3 is 2.32 bits per heavy atom. The fourth-order valence-corrected chi connectivity index (χ4v) is 3.18. The zero-order chi connectivity index (χ0) is 22.4. The maximum Gasteiger partial charge on any atom is 0.338 e. The third-order valence-electron chi connectivity index (χ3n) is 4.32. The Morgan fingerprint density at radius 2 is 1.68 bits per heavy atom. The number of amides is 1. The summed E-state index contributed by atoms with van der Waals surface area (Å²) in [6, 6.07) is 6.01. The normalized spacial score (nSPS) is 12.4. The standard InChI is InChI=1S/C21H22ClNO8/c1-26-15-9-13(10-16(27-2)20(15)28-3)23-18(24)11-31-21(25)12-7-14(22)19-17(8-12)29-5-4-6-30-19/h7-10H,4-6,11H2,1-3H3,(H,23,24). The minimum Gasteiger partial charge on any atom is -0.493 e. The fraction of sp³-hybridized carbons (Fsp3) is 0.333. The van der Waals surface area contributed by atoms with E-state index in [1.165, 1.54) is 33.5 Å². The molecular weight excluding hydrogens is 430 g/mol. The number of methoxy groups -OCH3 is 3. The van der Waals surface area contributed by atoms with Crippen LogP contribution in [0.2, 0.25) is 5.02 Å². The quantitative estimate of drug-likeness (QED) is 0.640. The van der Waals surface area contributed by atoms with Crippen molar-refractivity contribution in [3.8, 4) is 28.7 Å². The Labute approximate surface area is 184 Å². The van der Waals surface area contributed by atoms with Crippen molar-refractivity contribution in [2.24, 2.45) is 0 Å². The number of esters is 1. The molecule has 0 spiro atoms. The van der Waals surface area contributed by atoms with Crippen LogP contribution in [0.5, 0.6) is 28.7 Å². The number of anilines is 1. The minimum absolute atomic E-state index is 0.148. The van der Waals surface area contributed by atoms with Gasteiger partial charge in [0.05, 0.1) is 45.1 Å². The lowest BCUT2D eigenvalue weighted by Crippen LogP contribution is -2.21. The minimum atomic E-state index is -0.724. The van der Waals surface area contributed by atoms with E-state index in [2.05, 4.69) is 5.32 Å². The van der Waals surface area contributed by atoms with E-state index >= 15 is 0 Å². The molecule has 166 valence electrons. The molecule has 0 aromatic heterocycles. The number of halogens is 1. The molecule has 9 nitrogen and oxygen atoms in total. The van der Waals surface area contributed by atoms with E-state index in [1.807, 2.05) is 0 Å². The van der Waals surface area contributed by atoms with Gasteiger partial charge in [0.15, 0.2) is 29.6 Å². The molecule has 0 saturated heterocycles. The first-order chi connectivity index (χ1) is 15.0. The molecule has 0 unspecified atom stereocenters. The molecule has 2 aromatic carbocycles. The van der Waals surface area contributed by atoms with Crippen molar-refractivity contribution in [3.63, 3.8) is 0 Å². The topological polar surface area (TPSA) is 102 Å². The summed E-state index contributed by atoms with van der Waals surface area (Å²) in [6.07, 6.45) is 0.700. The van der Waals surface area contributed by atoms with Gasteiger partial charge in [-0.05, 0) is 12.1 Å². The average molecular weight is 452 g/mol. The Bertz CT molecular complexity index is 953. The number of carbonyl (C=O) groups is 2. The molecule has 1 amide bonds. The summed E-state index contributed by atoms with van der Waals surface area (Å²) in [5, 5.41) is 2.85. The molecule has 0 atom stereocenters. The van der Waals surface area contributed by atoms with Gasteiger partial charge in [0, 0.05) is 24.2 Å². The smallest absolute Gasteiger partial charge is 0.338 e. The van der Waals surface area contributed by atoms with Crippen LogP contribution in [0.3, 0.4) is 0 Å². The van der Waals surface area contributed by atoms with Gasteiger partial charge in [-0.2, -0.15) is 0 Å². The number of ether oxygens (including phenoxy) is 6. The molecule has 1 N–H and O–H groups in total. The van der Waals surface area contributed by atoms with Crippen LogP contribution in [-0.4, -0.2) is 53.0 Å². The second-order valence-corrected chi connectivity index (χ2v) is 6.78. The molecule has 0 saturated carbocycles. The Balaban J connectivity index is 1.65. The number of nitrogens with one attached hydrogen (secondary N) is 1. The summed E-state index contributed by atoms with van der Waals surface area (Å²) in [5.74, 6) is 0.600. The lowest BCUT2D eigenvalue weighted by Gasteiger charge is -2.15. The highest BCUT2D eigenvalue weighted by atomic mass is 35.5. The average Bonchev–Trinajstić information content (AvgIpc) is 3.02. The number of benzene rings is 2. The number of hydrogen-bond donors (Lipinski definition) is 1. The van der Waals surface area contributed by atoms with Crippen molar-refractivity contribution in [2.45, 2.75) is 6.42 Å². The molecule has 1 aliphatic heterocycles. The van der Waals surface area contributed by atoms with Crippen LogP contribution in [-0.2, 0) is 9.53 Å². The molecular formula is C21H22ClNO8. The second kappa shape index (κ2) is 10.1. The fourth-order valence-electron chi connectivity index (χ4n) is 2.91. The van der Waals surface area contributed by atoms with Gasteiger partial charge >= 0.3 is 5.97 Å². The summed E-state index contributed by atoms with van der Waals surface area (Å²) in [6.45, 7) is 0.401. The van der Waals surface area contributed by atoms with Crippen LogP contribution in [0.15, 0.2) is 24.3 Å². The lowest BCUT2D eigenvalue weighted by atomic mass is 10.2. The van der Waals surface area contributed by atoms with Crippen LogP contribution in [0.25, 0.3) is 0 Å². The maximum absolute atomic E-state index is 12.4. The molecule has 1 heterocycles. The highest BCUT2D eigenvalue weighted by Gasteiger charge is 2.20. The maximum atomic E-state index is 12.4. The summed E-state index contributed by atoms with van der Waals surface area (Å²) in [7, 11) is 4.40. The van der Waals surface area contributed by atoms with Gasteiger partial charge in [-0.1, -0.05) is 11.6 Å². The number of hydrogen-bond acceptors (Lipinski definition) is 8. The third kappa shape index (κ3) is 5.24. The van der Waals surface area contributed by atoms with Gasteiger partial charge in [-0.15, -0.1) is 0 Å². The van der Waals surface area contributed by atoms with E-state index in [4.69, 9.17) is 40.0 Å². The summed E-state index contributed by atoms with van der Waals surface area (Å²) in [4.78, 5) is 24.7.